The summed E-state index contributed by atoms with van der Waals surface area (Å²) >= 11 is 0. The van der Waals surface area contributed by atoms with Crippen molar-refractivity contribution in [3.05, 3.63) is 65.7 Å². The number of hydrogen-bond acceptors (Lipinski definition) is 2. The molecule has 21 heavy (non-hydrogen) atoms. The topological polar surface area (TPSA) is 54.4 Å². The maximum atomic E-state index is 14.1. The average molecular weight is 310 g/mol. The van der Waals surface area contributed by atoms with Crippen LogP contribution in [0.15, 0.2) is 59.5 Å². The molecule has 3 nitrogen and oxygen atoms in total. The molecule has 0 aliphatic carbocycles. The van der Waals surface area contributed by atoms with Gasteiger partial charge in [0.15, 0.2) is 0 Å². The molecule has 0 saturated heterocycles. The average Bonchev–Trinajstić information content (AvgIpc) is 2.47. The van der Waals surface area contributed by atoms with Gasteiger partial charge in [-0.05, 0) is 12.1 Å². The van der Waals surface area contributed by atoms with E-state index in [4.69, 9.17) is 5.11 Å². The number of aromatic carboxylic acids is 1. The summed E-state index contributed by atoms with van der Waals surface area (Å²) in [5, 5.41) is 9.01. The minimum atomic E-state index is -3.29. The molecule has 2 aromatic carbocycles. The van der Waals surface area contributed by atoms with Crippen LogP contribution in [-0.2, 0) is 16.7 Å². The van der Waals surface area contributed by atoms with Crippen molar-refractivity contribution >= 4 is 16.8 Å². The Morgan fingerprint density at radius 3 is 2.24 bits per heavy atom. The second-order valence-corrected chi connectivity index (χ2v) is 5.78. The highest BCUT2D eigenvalue weighted by Crippen LogP contribution is 2.30. The number of benzene rings is 2. The number of rotatable bonds is 5. The number of carboxylic acid groups (broad SMARTS) is 1. The quantitative estimate of drug-likeness (QED) is 0.922. The SMILES string of the molecule is O=C(O)c1ccccc1S(=O)CC(F)(F)c1ccccc1. The number of hydrogen-bond donors (Lipinski definition) is 1. The van der Waals surface area contributed by atoms with E-state index in [2.05, 4.69) is 0 Å². The highest BCUT2D eigenvalue weighted by molar-refractivity contribution is 7.85. The Morgan fingerprint density at radius 2 is 1.62 bits per heavy atom. The maximum absolute atomic E-state index is 14.1. The van der Waals surface area contributed by atoms with Crippen molar-refractivity contribution in [2.24, 2.45) is 0 Å². The Morgan fingerprint density at radius 1 is 1.05 bits per heavy atom. The summed E-state index contributed by atoms with van der Waals surface area (Å²) in [5.74, 6) is -5.54. The van der Waals surface area contributed by atoms with E-state index in [-0.39, 0.29) is 16.0 Å². The third-order valence-electron chi connectivity index (χ3n) is 2.87. The first kappa shape index (κ1) is 15.3. The molecule has 0 aromatic heterocycles. The van der Waals surface area contributed by atoms with Crippen LogP contribution < -0.4 is 0 Å². The molecular weight excluding hydrogens is 298 g/mol. The Kier molecular flexibility index (Phi) is 4.47. The molecule has 0 heterocycles. The van der Waals surface area contributed by atoms with Crippen molar-refractivity contribution in [2.75, 3.05) is 5.75 Å². The Hall–Kier alpha value is -2.08. The van der Waals surface area contributed by atoms with Gasteiger partial charge in [0.2, 0.25) is 0 Å². The van der Waals surface area contributed by atoms with Crippen LogP contribution in [-0.4, -0.2) is 21.0 Å². The lowest BCUT2D eigenvalue weighted by Crippen LogP contribution is -2.23. The first-order valence-corrected chi connectivity index (χ1v) is 7.38. The Bertz CT molecular complexity index is 672. The van der Waals surface area contributed by atoms with Crippen molar-refractivity contribution in [3.8, 4) is 0 Å². The van der Waals surface area contributed by atoms with E-state index in [1.807, 2.05) is 0 Å². The predicted molar refractivity (Wildman–Crippen MR) is 75.0 cm³/mol. The molecule has 1 atom stereocenters. The van der Waals surface area contributed by atoms with Crippen molar-refractivity contribution < 1.29 is 22.9 Å². The van der Waals surface area contributed by atoms with E-state index in [0.29, 0.717) is 0 Å². The highest BCUT2D eigenvalue weighted by atomic mass is 32.2. The van der Waals surface area contributed by atoms with E-state index in [1.54, 1.807) is 6.07 Å². The third-order valence-corrected chi connectivity index (χ3v) is 4.34. The van der Waals surface area contributed by atoms with Crippen LogP contribution in [0.5, 0.6) is 0 Å². The van der Waals surface area contributed by atoms with Crippen LogP contribution in [0, 0.1) is 0 Å². The molecule has 2 aromatic rings. The predicted octanol–water partition coefficient (Wildman–Crippen LogP) is 3.28. The molecule has 0 amide bonds. The molecule has 1 N–H and O–H groups in total. The molecule has 0 aliphatic rings. The first-order chi connectivity index (χ1) is 9.92. The molecular formula is C15H12F2O3S. The molecule has 6 heteroatoms. The summed E-state index contributed by atoms with van der Waals surface area (Å²) in [6.07, 6.45) is 0. The normalized spacial score (nSPS) is 12.9. The molecule has 0 radical (unpaired) electrons. The lowest BCUT2D eigenvalue weighted by molar-refractivity contribution is 0.0221. The molecule has 0 spiro atoms. The number of alkyl halides is 2. The van der Waals surface area contributed by atoms with Crippen LogP contribution in [0.4, 0.5) is 8.78 Å². The summed E-state index contributed by atoms with van der Waals surface area (Å²) in [6.45, 7) is 0. The van der Waals surface area contributed by atoms with Gasteiger partial charge < -0.3 is 5.11 Å². The second-order valence-electron chi connectivity index (χ2n) is 4.36. The number of halogens is 2. The van der Waals surface area contributed by atoms with Crippen molar-refractivity contribution in [1.29, 1.82) is 0 Å². The van der Waals surface area contributed by atoms with Gasteiger partial charge in [0, 0.05) is 5.56 Å². The molecule has 2 rings (SSSR count). The van der Waals surface area contributed by atoms with Crippen LogP contribution in [0.2, 0.25) is 0 Å². The molecule has 1 unspecified atom stereocenters. The van der Waals surface area contributed by atoms with Gasteiger partial charge in [-0.2, -0.15) is 0 Å². The fourth-order valence-corrected chi connectivity index (χ4v) is 3.13. The zero-order valence-electron chi connectivity index (χ0n) is 10.8. The van der Waals surface area contributed by atoms with Crippen molar-refractivity contribution in [3.63, 3.8) is 0 Å². The van der Waals surface area contributed by atoms with E-state index >= 15 is 0 Å². The fourth-order valence-electron chi connectivity index (χ4n) is 1.85. The maximum Gasteiger partial charge on any atom is 0.336 e. The summed E-state index contributed by atoms with van der Waals surface area (Å²) in [5.41, 5.74) is -0.467. The van der Waals surface area contributed by atoms with Crippen molar-refractivity contribution in [1.82, 2.24) is 0 Å². The molecule has 0 saturated carbocycles. The second kappa shape index (κ2) is 6.13. The first-order valence-electron chi connectivity index (χ1n) is 6.06. The van der Waals surface area contributed by atoms with Gasteiger partial charge in [0.25, 0.3) is 5.92 Å². The van der Waals surface area contributed by atoms with Gasteiger partial charge >= 0.3 is 5.97 Å². The van der Waals surface area contributed by atoms with Gasteiger partial charge in [-0.3, -0.25) is 4.21 Å². The molecule has 110 valence electrons. The van der Waals surface area contributed by atoms with Gasteiger partial charge in [0.1, 0.15) is 0 Å². The zero-order chi connectivity index (χ0) is 15.5. The van der Waals surface area contributed by atoms with Gasteiger partial charge in [-0.1, -0.05) is 42.5 Å². The smallest absolute Gasteiger partial charge is 0.336 e. The van der Waals surface area contributed by atoms with Crippen LogP contribution in [0.1, 0.15) is 15.9 Å². The van der Waals surface area contributed by atoms with Gasteiger partial charge in [-0.25, -0.2) is 13.6 Å². The van der Waals surface area contributed by atoms with Crippen LogP contribution in [0.25, 0.3) is 0 Å². The minimum Gasteiger partial charge on any atom is -0.478 e. The lowest BCUT2D eigenvalue weighted by Gasteiger charge is -2.16. The Balaban J connectivity index is 2.28. The summed E-state index contributed by atoms with van der Waals surface area (Å²) in [6, 6.07) is 12.5. The van der Waals surface area contributed by atoms with Gasteiger partial charge in [0.05, 0.1) is 27.0 Å². The van der Waals surface area contributed by atoms with E-state index in [1.165, 1.54) is 48.5 Å². The summed E-state index contributed by atoms with van der Waals surface area (Å²) < 4.78 is 40.3. The fraction of sp³-hybridized carbons (Fsp3) is 0.133. The molecule has 0 aliphatic heterocycles. The molecule has 0 fully saturated rings. The molecule has 0 bridgehead atoms. The van der Waals surface area contributed by atoms with E-state index < -0.39 is 28.4 Å². The minimum absolute atomic E-state index is 0.0967. The number of carbonyl (C=O) groups is 1. The summed E-state index contributed by atoms with van der Waals surface area (Å²) in [7, 11) is -2.12. The van der Waals surface area contributed by atoms with E-state index in [9.17, 15) is 17.8 Å². The van der Waals surface area contributed by atoms with Gasteiger partial charge in [-0.15, -0.1) is 0 Å². The zero-order valence-corrected chi connectivity index (χ0v) is 11.6. The monoisotopic (exact) mass is 310 g/mol. The largest absolute Gasteiger partial charge is 0.478 e. The third kappa shape index (κ3) is 3.52. The number of carboxylic acids is 1. The van der Waals surface area contributed by atoms with Crippen LogP contribution in [0.3, 0.4) is 0 Å². The lowest BCUT2D eigenvalue weighted by atomic mass is 10.1. The Labute approximate surface area is 122 Å². The van der Waals surface area contributed by atoms with Crippen LogP contribution >= 0.6 is 0 Å². The summed E-state index contributed by atoms with van der Waals surface area (Å²) in [4.78, 5) is 10.9. The standard InChI is InChI=1S/C15H12F2O3S/c16-15(17,11-6-2-1-3-7-11)10-21(20)13-9-5-4-8-12(13)14(18)19/h1-9H,10H2,(H,18,19). The highest BCUT2D eigenvalue weighted by Gasteiger charge is 2.35. The van der Waals surface area contributed by atoms with E-state index in [0.717, 1.165) is 0 Å². The van der Waals surface area contributed by atoms with Crippen molar-refractivity contribution in [2.45, 2.75) is 10.8 Å².